The molecule has 0 atom stereocenters. The van der Waals surface area contributed by atoms with Crippen molar-refractivity contribution in [2.45, 2.75) is 70.3 Å². The zero-order valence-corrected chi connectivity index (χ0v) is 13.1. The van der Waals surface area contributed by atoms with Crippen molar-refractivity contribution in [3.8, 4) is 0 Å². The third-order valence-electron chi connectivity index (χ3n) is 4.86. The second-order valence-electron chi connectivity index (χ2n) is 6.34. The van der Waals surface area contributed by atoms with Gasteiger partial charge < -0.3 is 11.1 Å². The summed E-state index contributed by atoms with van der Waals surface area (Å²) >= 11 is 1.77. The lowest BCUT2D eigenvalue weighted by Gasteiger charge is -2.31. The number of carbonyl (C=O) groups is 1. The predicted octanol–water partition coefficient (Wildman–Crippen LogP) is 3.54. The largest absolute Gasteiger partial charge is 0.317 e. The first kappa shape index (κ1) is 14.1. The molecule has 0 saturated heterocycles. The van der Waals surface area contributed by atoms with Crippen molar-refractivity contribution in [2.75, 3.05) is 5.32 Å². The summed E-state index contributed by atoms with van der Waals surface area (Å²) in [6.07, 6.45) is 9.89. The van der Waals surface area contributed by atoms with Gasteiger partial charge in [-0.3, -0.25) is 4.79 Å². The first-order chi connectivity index (χ1) is 9.60. The number of fused-ring (bicyclic) bond motifs is 1. The Morgan fingerprint density at radius 3 is 2.55 bits per heavy atom. The van der Waals surface area contributed by atoms with Crippen LogP contribution in [-0.2, 0) is 17.6 Å². The standard InChI is InChI=1S/C16H24N2OS/c1-11-12-7-3-4-8-13(12)20-14(11)18-15(19)16(17)9-5-2-6-10-16/h2-10,17H2,1H3,(H,18,19). The monoisotopic (exact) mass is 292 g/mol. The molecular formula is C16H24N2OS. The van der Waals surface area contributed by atoms with E-state index in [1.807, 2.05) is 0 Å². The van der Waals surface area contributed by atoms with Crippen molar-refractivity contribution in [3.63, 3.8) is 0 Å². The lowest BCUT2D eigenvalue weighted by molar-refractivity contribution is -0.122. The van der Waals surface area contributed by atoms with Gasteiger partial charge in [-0.15, -0.1) is 11.3 Å². The van der Waals surface area contributed by atoms with Crippen molar-refractivity contribution in [3.05, 3.63) is 16.0 Å². The minimum Gasteiger partial charge on any atom is -0.317 e. The van der Waals surface area contributed by atoms with E-state index in [0.29, 0.717) is 0 Å². The molecule has 1 aromatic rings. The molecule has 2 aliphatic rings. The fraction of sp³-hybridized carbons (Fsp3) is 0.688. The molecule has 0 radical (unpaired) electrons. The Bertz CT molecular complexity index is 515. The van der Waals surface area contributed by atoms with Crippen LogP contribution in [0.25, 0.3) is 0 Å². The predicted molar refractivity (Wildman–Crippen MR) is 84.3 cm³/mol. The van der Waals surface area contributed by atoms with Gasteiger partial charge in [0.05, 0.1) is 10.5 Å². The minimum absolute atomic E-state index is 0.0268. The molecule has 3 N–H and O–H groups in total. The molecule has 3 rings (SSSR count). The molecule has 1 amide bonds. The minimum atomic E-state index is -0.644. The third-order valence-corrected chi connectivity index (χ3v) is 6.17. The second-order valence-corrected chi connectivity index (χ2v) is 7.44. The number of amides is 1. The zero-order valence-electron chi connectivity index (χ0n) is 12.3. The Morgan fingerprint density at radius 2 is 1.85 bits per heavy atom. The van der Waals surface area contributed by atoms with E-state index in [-0.39, 0.29) is 5.91 Å². The van der Waals surface area contributed by atoms with E-state index in [9.17, 15) is 4.79 Å². The average molecular weight is 292 g/mol. The Morgan fingerprint density at radius 1 is 1.15 bits per heavy atom. The van der Waals surface area contributed by atoms with E-state index in [0.717, 1.165) is 30.7 Å². The van der Waals surface area contributed by atoms with Gasteiger partial charge in [0.25, 0.3) is 0 Å². The van der Waals surface area contributed by atoms with Gasteiger partial charge in [-0.1, -0.05) is 19.3 Å². The molecular weight excluding hydrogens is 268 g/mol. The fourth-order valence-corrected chi connectivity index (χ4v) is 4.77. The number of nitrogens with two attached hydrogens (primary N) is 1. The maximum absolute atomic E-state index is 12.5. The highest BCUT2D eigenvalue weighted by molar-refractivity contribution is 7.16. The maximum atomic E-state index is 12.5. The fourth-order valence-electron chi connectivity index (χ4n) is 3.48. The van der Waals surface area contributed by atoms with E-state index in [1.165, 1.54) is 48.1 Å². The Hall–Kier alpha value is -0.870. The molecule has 4 heteroatoms. The lowest BCUT2D eigenvalue weighted by Crippen LogP contribution is -2.52. The van der Waals surface area contributed by atoms with E-state index in [1.54, 1.807) is 11.3 Å². The Kier molecular flexibility index (Phi) is 3.87. The first-order valence-corrected chi connectivity index (χ1v) is 8.63. The van der Waals surface area contributed by atoms with Gasteiger partial charge >= 0.3 is 0 Å². The highest BCUT2D eigenvalue weighted by Crippen LogP contribution is 2.38. The summed E-state index contributed by atoms with van der Waals surface area (Å²) < 4.78 is 0. The van der Waals surface area contributed by atoms with Crippen molar-refractivity contribution in [2.24, 2.45) is 5.73 Å². The molecule has 20 heavy (non-hydrogen) atoms. The van der Waals surface area contributed by atoms with Gasteiger partial charge in [0.2, 0.25) is 5.91 Å². The molecule has 0 aliphatic heterocycles. The highest BCUT2D eigenvalue weighted by Gasteiger charge is 2.36. The van der Waals surface area contributed by atoms with Crippen molar-refractivity contribution in [1.29, 1.82) is 0 Å². The van der Waals surface area contributed by atoms with Crippen LogP contribution in [0.3, 0.4) is 0 Å². The van der Waals surface area contributed by atoms with Gasteiger partial charge in [0.15, 0.2) is 0 Å². The molecule has 0 bridgehead atoms. The Labute approximate surface area is 124 Å². The van der Waals surface area contributed by atoms with Gasteiger partial charge in [0, 0.05) is 4.88 Å². The number of carbonyl (C=O) groups excluding carboxylic acids is 1. The van der Waals surface area contributed by atoms with E-state index in [4.69, 9.17) is 5.73 Å². The molecule has 0 spiro atoms. The molecule has 0 aromatic carbocycles. The smallest absolute Gasteiger partial charge is 0.245 e. The van der Waals surface area contributed by atoms with Crippen LogP contribution in [0.1, 0.15) is 60.9 Å². The number of aryl methyl sites for hydroxylation is 1. The summed E-state index contributed by atoms with van der Waals surface area (Å²) in [6, 6.07) is 0. The van der Waals surface area contributed by atoms with Crippen molar-refractivity contribution < 1.29 is 4.79 Å². The SMILES string of the molecule is Cc1c(NC(=O)C2(N)CCCCC2)sc2c1CCCC2. The number of nitrogens with one attached hydrogen (secondary N) is 1. The summed E-state index contributed by atoms with van der Waals surface area (Å²) in [5.41, 5.74) is 8.43. The summed E-state index contributed by atoms with van der Waals surface area (Å²) in [6.45, 7) is 2.14. The number of hydrogen-bond donors (Lipinski definition) is 2. The van der Waals surface area contributed by atoms with Crippen LogP contribution in [0.5, 0.6) is 0 Å². The molecule has 110 valence electrons. The third kappa shape index (κ3) is 2.51. The van der Waals surface area contributed by atoms with Crippen LogP contribution in [-0.4, -0.2) is 11.4 Å². The Balaban J connectivity index is 1.77. The van der Waals surface area contributed by atoms with Crippen molar-refractivity contribution in [1.82, 2.24) is 0 Å². The van der Waals surface area contributed by atoms with Gasteiger partial charge in [-0.25, -0.2) is 0 Å². The average Bonchev–Trinajstić information content (AvgIpc) is 2.77. The molecule has 1 aromatic heterocycles. The van der Waals surface area contributed by atoms with Crippen LogP contribution in [0.15, 0.2) is 0 Å². The van der Waals surface area contributed by atoms with Gasteiger partial charge in [0.1, 0.15) is 0 Å². The molecule has 1 fully saturated rings. The normalized spacial score (nSPS) is 21.3. The zero-order chi connectivity index (χ0) is 14.2. The van der Waals surface area contributed by atoms with E-state index in [2.05, 4.69) is 12.2 Å². The van der Waals surface area contributed by atoms with Crippen LogP contribution in [0.2, 0.25) is 0 Å². The number of hydrogen-bond acceptors (Lipinski definition) is 3. The molecule has 1 heterocycles. The summed E-state index contributed by atoms with van der Waals surface area (Å²) in [4.78, 5) is 14.0. The molecule has 1 saturated carbocycles. The summed E-state index contributed by atoms with van der Waals surface area (Å²) in [7, 11) is 0. The number of anilines is 1. The van der Waals surface area contributed by atoms with Crippen LogP contribution in [0.4, 0.5) is 5.00 Å². The lowest BCUT2D eigenvalue weighted by atomic mass is 9.82. The van der Waals surface area contributed by atoms with Gasteiger partial charge in [-0.2, -0.15) is 0 Å². The van der Waals surface area contributed by atoms with Gasteiger partial charge in [-0.05, 0) is 56.6 Å². The quantitative estimate of drug-likeness (QED) is 0.876. The number of thiophene rings is 1. The van der Waals surface area contributed by atoms with E-state index < -0.39 is 5.54 Å². The molecule has 2 aliphatic carbocycles. The molecule has 3 nitrogen and oxygen atoms in total. The number of rotatable bonds is 2. The topological polar surface area (TPSA) is 55.1 Å². The van der Waals surface area contributed by atoms with Crippen LogP contribution in [0, 0.1) is 6.92 Å². The molecule has 0 unspecified atom stereocenters. The second kappa shape index (κ2) is 5.49. The highest BCUT2D eigenvalue weighted by atomic mass is 32.1. The first-order valence-electron chi connectivity index (χ1n) is 7.82. The van der Waals surface area contributed by atoms with Crippen LogP contribution >= 0.6 is 11.3 Å². The van der Waals surface area contributed by atoms with Crippen LogP contribution < -0.4 is 11.1 Å². The summed E-state index contributed by atoms with van der Waals surface area (Å²) in [5, 5.41) is 4.17. The summed E-state index contributed by atoms with van der Waals surface area (Å²) in [5.74, 6) is 0.0268. The maximum Gasteiger partial charge on any atom is 0.245 e. The van der Waals surface area contributed by atoms with E-state index >= 15 is 0 Å². The van der Waals surface area contributed by atoms with Crippen molar-refractivity contribution >= 4 is 22.2 Å².